The van der Waals surface area contributed by atoms with E-state index in [4.69, 9.17) is 11.6 Å². The summed E-state index contributed by atoms with van der Waals surface area (Å²) in [5.41, 5.74) is 0.163. The van der Waals surface area contributed by atoms with E-state index >= 15 is 0 Å². The van der Waals surface area contributed by atoms with Crippen LogP contribution in [0.4, 0.5) is 14.5 Å². The summed E-state index contributed by atoms with van der Waals surface area (Å²) in [6.45, 7) is 0.181. The minimum absolute atomic E-state index is 0.00110. The molecule has 2 aromatic carbocycles. The minimum atomic E-state index is -0.730. The summed E-state index contributed by atoms with van der Waals surface area (Å²) in [7, 11) is 0. The van der Waals surface area contributed by atoms with Crippen LogP contribution < -0.4 is 10.2 Å². The Labute approximate surface area is 142 Å². The average Bonchev–Trinajstić information content (AvgIpc) is 2.87. The summed E-state index contributed by atoms with van der Waals surface area (Å²) >= 11 is 5.86. The predicted octanol–water partition coefficient (Wildman–Crippen LogP) is 3.15. The lowest BCUT2D eigenvalue weighted by atomic mass is 10.1. The number of hydrogen-bond acceptors (Lipinski definition) is 2. The van der Waals surface area contributed by atoms with Crippen molar-refractivity contribution in [2.75, 3.05) is 11.4 Å². The minimum Gasteiger partial charge on any atom is -0.347 e. The summed E-state index contributed by atoms with van der Waals surface area (Å²) in [6.07, 6.45) is 0.0499. The van der Waals surface area contributed by atoms with Gasteiger partial charge < -0.3 is 10.2 Å². The molecule has 0 aromatic heterocycles. The molecule has 24 heavy (non-hydrogen) atoms. The van der Waals surface area contributed by atoms with Crippen molar-refractivity contribution in [2.45, 2.75) is 12.5 Å². The van der Waals surface area contributed by atoms with Gasteiger partial charge in [-0.15, -0.1) is 0 Å². The molecule has 0 saturated carbocycles. The monoisotopic (exact) mass is 350 g/mol. The van der Waals surface area contributed by atoms with E-state index < -0.39 is 23.6 Å². The van der Waals surface area contributed by atoms with E-state index in [0.29, 0.717) is 5.69 Å². The molecule has 4 nitrogen and oxygen atoms in total. The van der Waals surface area contributed by atoms with Crippen LogP contribution in [0, 0.1) is 11.6 Å². The molecule has 7 heteroatoms. The molecule has 1 aliphatic rings. The van der Waals surface area contributed by atoms with Gasteiger partial charge in [-0.25, -0.2) is 8.78 Å². The molecule has 1 N–H and O–H groups in total. The van der Waals surface area contributed by atoms with Crippen molar-refractivity contribution in [1.82, 2.24) is 5.32 Å². The number of amides is 2. The zero-order chi connectivity index (χ0) is 17.3. The fourth-order valence-electron chi connectivity index (χ4n) is 2.67. The number of carbonyl (C=O) groups is 2. The smallest absolute Gasteiger partial charge is 0.256 e. The number of carbonyl (C=O) groups excluding carboxylic acids is 2. The first kappa shape index (κ1) is 16.4. The Morgan fingerprint density at radius 2 is 1.96 bits per heavy atom. The first-order chi connectivity index (χ1) is 11.5. The molecule has 124 valence electrons. The van der Waals surface area contributed by atoms with Crippen LogP contribution in [0.2, 0.25) is 5.02 Å². The number of hydrogen-bond donors (Lipinski definition) is 1. The van der Waals surface area contributed by atoms with E-state index in [1.807, 2.05) is 0 Å². The Bertz CT molecular complexity index is 793. The van der Waals surface area contributed by atoms with E-state index in [2.05, 4.69) is 5.32 Å². The second-order valence-corrected chi connectivity index (χ2v) is 5.86. The van der Waals surface area contributed by atoms with Crippen LogP contribution in [-0.4, -0.2) is 24.4 Å². The molecule has 0 aliphatic carbocycles. The molecule has 2 amide bonds. The fraction of sp³-hybridized carbons (Fsp3) is 0.176. The van der Waals surface area contributed by atoms with E-state index in [1.54, 1.807) is 6.07 Å². The van der Waals surface area contributed by atoms with Gasteiger partial charge in [0.15, 0.2) is 0 Å². The SMILES string of the molecule is O=C(N[C@H]1CC(=O)N(c2cccc(F)c2)C1)c1c(F)cccc1Cl. The standard InChI is InChI=1S/C17H13ClF2N2O2/c18-13-5-2-6-14(20)16(13)17(24)21-11-8-15(23)22(9-11)12-4-1-3-10(19)7-12/h1-7,11H,8-9H2,(H,21,24)/t11-/m0/s1. The highest BCUT2D eigenvalue weighted by Gasteiger charge is 2.32. The molecular formula is C17H13ClF2N2O2. The number of benzene rings is 2. The van der Waals surface area contributed by atoms with Crippen molar-refractivity contribution in [3.63, 3.8) is 0 Å². The third-order valence-electron chi connectivity index (χ3n) is 3.77. The maximum absolute atomic E-state index is 13.8. The van der Waals surface area contributed by atoms with Gasteiger partial charge in [0, 0.05) is 18.7 Å². The summed E-state index contributed by atoms with van der Waals surface area (Å²) in [5, 5.41) is 2.60. The van der Waals surface area contributed by atoms with Gasteiger partial charge in [0.1, 0.15) is 11.6 Å². The highest BCUT2D eigenvalue weighted by Crippen LogP contribution is 2.23. The number of nitrogens with one attached hydrogen (secondary N) is 1. The number of halogens is 3. The van der Waals surface area contributed by atoms with Gasteiger partial charge in [0.05, 0.1) is 16.6 Å². The molecule has 3 rings (SSSR count). The quantitative estimate of drug-likeness (QED) is 0.924. The second kappa shape index (κ2) is 6.57. The van der Waals surface area contributed by atoms with Crippen molar-refractivity contribution >= 4 is 29.1 Å². The first-order valence-electron chi connectivity index (χ1n) is 7.26. The van der Waals surface area contributed by atoms with Gasteiger partial charge >= 0.3 is 0 Å². The molecule has 1 aliphatic heterocycles. The van der Waals surface area contributed by atoms with Crippen LogP contribution in [0.5, 0.6) is 0 Å². The Hall–Kier alpha value is -2.47. The number of anilines is 1. The molecule has 0 radical (unpaired) electrons. The van der Waals surface area contributed by atoms with Gasteiger partial charge in [-0.3, -0.25) is 9.59 Å². The second-order valence-electron chi connectivity index (χ2n) is 5.46. The Morgan fingerprint density at radius 3 is 2.67 bits per heavy atom. The molecule has 1 atom stereocenters. The normalized spacial score (nSPS) is 17.2. The summed E-state index contributed by atoms with van der Waals surface area (Å²) < 4.78 is 27.1. The highest BCUT2D eigenvalue weighted by molar-refractivity contribution is 6.33. The van der Waals surface area contributed by atoms with Crippen molar-refractivity contribution < 1.29 is 18.4 Å². The van der Waals surface area contributed by atoms with Gasteiger partial charge in [0.25, 0.3) is 5.91 Å². The van der Waals surface area contributed by atoms with Crippen molar-refractivity contribution in [2.24, 2.45) is 0 Å². The summed E-state index contributed by atoms with van der Waals surface area (Å²) in [4.78, 5) is 25.7. The lowest BCUT2D eigenvalue weighted by Crippen LogP contribution is -2.37. The zero-order valence-corrected chi connectivity index (χ0v) is 13.2. The molecule has 0 spiro atoms. The van der Waals surface area contributed by atoms with E-state index in [0.717, 1.165) is 6.07 Å². The molecule has 1 heterocycles. The van der Waals surface area contributed by atoms with Crippen LogP contribution in [0.3, 0.4) is 0 Å². The number of nitrogens with zero attached hydrogens (tertiary/aromatic N) is 1. The maximum Gasteiger partial charge on any atom is 0.256 e. The van der Waals surface area contributed by atoms with Crippen molar-refractivity contribution in [3.8, 4) is 0 Å². The molecular weight excluding hydrogens is 338 g/mol. The van der Waals surface area contributed by atoms with Crippen LogP contribution in [-0.2, 0) is 4.79 Å². The Kier molecular flexibility index (Phi) is 4.49. The average molecular weight is 351 g/mol. The zero-order valence-electron chi connectivity index (χ0n) is 12.4. The third-order valence-corrected chi connectivity index (χ3v) is 4.08. The van der Waals surface area contributed by atoms with Gasteiger partial charge in [-0.2, -0.15) is 0 Å². The molecule has 1 saturated heterocycles. The van der Waals surface area contributed by atoms with E-state index in [9.17, 15) is 18.4 Å². The lowest BCUT2D eigenvalue weighted by molar-refractivity contribution is -0.117. The maximum atomic E-state index is 13.8. The predicted molar refractivity (Wildman–Crippen MR) is 86.0 cm³/mol. The van der Waals surface area contributed by atoms with Gasteiger partial charge in [-0.1, -0.05) is 23.7 Å². The third kappa shape index (κ3) is 3.23. The fourth-order valence-corrected chi connectivity index (χ4v) is 2.92. The Balaban J connectivity index is 1.74. The highest BCUT2D eigenvalue weighted by atomic mass is 35.5. The van der Waals surface area contributed by atoms with Gasteiger partial charge in [-0.05, 0) is 30.3 Å². The van der Waals surface area contributed by atoms with Crippen LogP contribution in [0.15, 0.2) is 42.5 Å². The van der Waals surface area contributed by atoms with E-state index in [1.165, 1.54) is 35.2 Å². The van der Waals surface area contributed by atoms with E-state index in [-0.39, 0.29) is 29.5 Å². The Morgan fingerprint density at radius 1 is 1.21 bits per heavy atom. The number of rotatable bonds is 3. The summed E-state index contributed by atoms with van der Waals surface area (Å²) in [6, 6.07) is 9.09. The topological polar surface area (TPSA) is 49.4 Å². The molecule has 0 unspecified atom stereocenters. The van der Waals surface area contributed by atoms with Crippen molar-refractivity contribution in [1.29, 1.82) is 0 Å². The summed E-state index contributed by atoms with van der Waals surface area (Å²) in [5.74, 6) is -2.11. The van der Waals surface area contributed by atoms with Crippen LogP contribution >= 0.6 is 11.6 Å². The van der Waals surface area contributed by atoms with Crippen LogP contribution in [0.1, 0.15) is 16.8 Å². The lowest BCUT2D eigenvalue weighted by Gasteiger charge is -2.17. The molecule has 0 bridgehead atoms. The molecule has 1 fully saturated rings. The first-order valence-corrected chi connectivity index (χ1v) is 7.64. The van der Waals surface area contributed by atoms with Gasteiger partial charge in [0.2, 0.25) is 5.91 Å². The largest absolute Gasteiger partial charge is 0.347 e. The van der Waals surface area contributed by atoms with Crippen molar-refractivity contribution in [3.05, 3.63) is 64.7 Å². The molecule has 2 aromatic rings. The van der Waals surface area contributed by atoms with Crippen LogP contribution in [0.25, 0.3) is 0 Å².